The molecule has 0 saturated heterocycles. The quantitative estimate of drug-likeness (QED) is 0.690. The van der Waals surface area contributed by atoms with Crippen molar-refractivity contribution in [2.24, 2.45) is 0 Å². The van der Waals surface area contributed by atoms with E-state index in [0.717, 1.165) is 11.3 Å². The minimum absolute atomic E-state index is 0.199. The van der Waals surface area contributed by atoms with Crippen LogP contribution in [-0.2, 0) is 0 Å². The van der Waals surface area contributed by atoms with Crippen LogP contribution in [0.5, 0.6) is 0 Å². The maximum atomic E-state index is 2.44. The average molecular weight is 232 g/mol. The van der Waals surface area contributed by atoms with Gasteiger partial charge in [-0.15, -0.1) is 0 Å². The van der Waals surface area contributed by atoms with Crippen molar-refractivity contribution >= 4 is 13.2 Å². The summed E-state index contributed by atoms with van der Waals surface area (Å²) in [6, 6.07) is 4.79. The number of aryl methyl sites for hydroxylation is 1. The number of benzene rings is 1. The second kappa shape index (κ2) is 3.84. The fourth-order valence-corrected chi connectivity index (χ4v) is 6.21. The van der Waals surface area contributed by atoms with Crippen molar-refractivity contribution in [3.63, 3.8) is 0 Å². The van der Waals surface area contributed by atoms with Crippen LogP contribution >= 0.6 is 7.92 Å². The van der Waals surface area contributed by atoms with Gasteiger partial charge in [-0.25, -0.2) is 0 Å². The second-order valence-electron chi connectivity index (χ2n) is 5.52. The van der Waals surface area contributed by atoms with Crippen LogP contribution in [0.3, 0.4) is 0 Å². The van der Waals surface area contributed by atoms with E-state index in [9.17, 15) is 0 Å². The van der Waals surface area contributed by atoms with E-state index in [4.69, 9.17) is 0 Å². The van der Waals surface area contributed by atoms with Gasteiger partial charge in [0.2, 0.25) is 0 Å². The third kappa shape index (κ3) is 1.82. The highest BCUT2D eigenvalue weighted by Crippen LogP contribution is 2.63. The van der Waals surface area contributed by atoms with E-state index in [-0.39, 0.29) is 7.92 Å². The highest BCUT2D eigenvalue weighted by Gasteiger charge is 2.42. The second-order valence-corrected chi connectivity index (χ2v) is 8.28. The first-order valence-corrected chi connectivity index (χ1v) is 8.01. The molecule has 2 aliphatic carbocycles. The van der Waals surface area contributed by atoms with Gasteiger partial charge >= 0.3 is 0 Å². The molecule has 0 nitrogen and oxygen atoms in total. The summed E-state index contributed by atoms with van der Waals surface area (Å²) in [4.78, 5) is 0. The van der Waals surface area contributed by atoms with Gasteiger partial charge in [0, 0.05) is 0 Å². The molecule has 2 fully saturated rings. The minimum Gasteiger partial charge on any atom is -0.0687 e. The molecular formula is C15H21P. The van der Waals surface area contributed by atoms with Crippen molar-refractivity contribution in [3.8, 4) is 0 Å². The van der Waals surface area contributed by atoms with E-state index in [1.165, 1.54) is 36.8 Å². The predicted octanol–water partition coefficient (Wildman–Crippen LogP) is 4.04. The van der Waals surface area contributed by atoms with Crippen molar-refractivity contribution in [1.82, 2.24) is 0 Å². The normalized spacial score (nSPS) is 20.5. The minimum atomic E-state index is 0.199. The smallest absolute Gasteiger partial charge is 0.0166 e. The van der Waals surface area contributed by atoms with Crippen LogP contribution in [-0.4, -0.2) is 11.3 Å². The standard InChI is InChI=1S/C15H21P/c1-10-4-9-15(12(3)11(10)2)16(13-5-6-13)14-7-8-14/h4,9,13-14H,5-8H2,1-3H3. The highest BCUT2D eigenvalue weighted by atomic mass is 31.1. The fourth-order valence-electron chi connectivity index (χ4n) is 2.62. The third-order valence-electron chi connectivity index (χ3n) is 4.19. The Morgan fingerprint density at radius 2 is 1.44 bits per heavy atom. The zero-order chi connectivity index (χ0) is 11.3. The van der Waals surface area contributed by atoms with Gasteiger partial charge in [-0.3, -0.25) is 0 Å². The Morgan fingerprint density at radius 3 is 1.94 bits per heavy atom. The molecule has 0 bridgehead atoms. The molecular weight excluding hydrogens is 211 g/mol. The molecule has 2 saturated carbocycles. The summed E-state index contributed by atoms with van der Waals surface area (Å²) in [7, 11) is 0.199. The van der Waals surface area contributed by atoms with Gasteiger partial charge in [0.1, 0.15) is 0 Å². The van der Waals surface area contributed by atoms with Gasteiger partial charge in [-0.1, -0.05) is 20.1 Å². The zero-order valence-corrected chi connectivity index (χ0v) is 11.5. The Labute approximate surface area is 100 Å². The van der Waals surface area contributed by atoms with Crippen LogP contribution in [0.15, 0.2) is 12.1 Å². The van der Waals surface area contributed by atoms with Crippen molar-refractivity contribution < 1.29 is 0 Å². The lowest BCUT2D eigenvalue weighted by Gasteiger charge is -2.21. The lowest BCUT2D eigenvalue weighted by molar-refractivity contribution is 1.28. The molecule has 1 aromatic carbocycles. The van der Waals surface area contributed by atoms with Gasteiger partial charge in [-0.05, 0) is 79.8 Å². The number of hydrogen-bond acceptors (Lipinski definition) is 0. The van der Waals surface area contributed by atoms with Crippen molar-refractivity contribution in [1.29, 1.82) is 0 Å². The predicted molar refractivity (Wildman–Crippen MR) is 73.3 cm³/mol. The van der Waals surface area contributed by atoms with Gasteiger partial charge in [0.05, 0.1) is 0 Å². The summed E-state index contributed by atoms with van der Waals surface area (Å²) in [5, 5.41) is 1.74. The molecule has 0 heterocycles. The Bertz CT molecular complexity index is 402. The highest BCUT2D eigenvalue weighted by molar-refractivity contribution is 7.67. The average Bonchev–Trinajstić information content (AvgIpc) is 3.12. The van der Waals surface area contributed by atoms with Gasteiger partial charge in [-0.2, -0.15) is 0 Å². The molecule has 0 unspecified atom stereocenters. The molecule has 1 heteroatoms. The van der Waals surface area contributed by atoms with E-state index < -0.39 is 0 Å². The van der Waals surface area contributed by atoms with Crippen LogP contribution < -0.4 is 5.30 Å². The van der Waals surface area contributed by atoms with Gasteiger partial charge in [0.15, 0.2) is 0 Å². The molecule has 0 aliphatic heterocycles. The summed E-state index contributed by atoms with van der Waals surface area (Å²) in [5.41, 5.74) is 6.77. The van der Waals surface area contributed by atoms with Crippen molar-refractivity contribution in [2.45, 2.75) is 57.8 Å². The Kier molecular flexibility index (Phi) is 2.59. The van der Waals surface area contributed by atoms with Crippen LogP contribution in [0, 0.1) is 20.8 Å². The topological polar surface area (TPSA) is 0 Å². The molecule has 0 atom stereocenters. The van der Waals surface area contributed by atoms with E-state index in [1.807, 2.05) is 0 Å². The maximum Gasteiger partial charge on any atom is -0.0166 e. The maximum absolute atomic E-state index is 2.44. The third-order valence-corrected chi connectivity index (χ3v) is 7.84. The monoisotopic (exact) mass is 232 g/mol. The van der Waals surface area contributed by atoms with Crippen LogP contribution in [0.2, 0.25) is 0 Å². The van der Waals surface area contributed by atoms with Crippen LogP contribution in [0.25, 0.3) is 0 Å². The van der Waals surface area contributed by atoms with Crippen molar-refractivity contribution in [3.05, 3.63) is 28.8 Å². The number of hydrogen-bond donors (Lipinski definition) is 0. The van der Waals surface area contributed by atoms with Crippen LogP contribution in [0.1, 0.15) is 42.4 Å². The lowest BCUT2D eigenvalue weighted by Crippen LogP contribution is -2.13. The fraction of sp³-hybridized carbons (Fsp3) is 0.600. The molecule has 0 spiro atoms. The van der Waals surface area contributed by atoms with Gasteiger partial charge in [0.25, 0.3) is 0 Å². The molecule has 86 valence electrons. The first-order chi connectivity index (χ1) is 7.68. The molecule has 2 aliphatic rings. The first kappa shape index (κ1) is 10.8. The van der Waals surface area contributed by atoms with E-state index >= 15 is 0 Å². The van der Waals surface area contributed by atoms with Gasteiger partial charge < -0.3 is 0 Å². The van der Waals surface area contributed by atoms with Crippen LogP contribution in [0.4, 0.5) is 0 Å². The Morgan fingerprint density at radius 1 is 0.875 bits per heavy atom. The summed E-state index contributed by atoms with van der Waals surface area (Å²) in [5.74, 6) is 0. The van der Waals surface area contributed by atoms with Crippen molar-refractivity contribution in [2.75, 3.05) is 0 Å². The van der Waals surface area contributed by atoms with E-state index in [1.54, 1.807) is 10.9 Å². The van der Waals surface area contributed by atoms with E-state index in [2.05, 4.69) is 32.9 Å². The molecule has 3 rings (SSSR count). The lowest BCUT2D eigenvalue weighted by atomic mass is 10.1. The zero-order valence-electron chi connectivity index (χ0n) is 10.6. The molecule has 0 radical (unpaired) electrons. The SMILES string of the molecule is Cc1ccc(P(C2CC2)C2CC2)c(C)c1C. The molecule has 0 amide bonds. The Hall–Kier alpha value is -0.350. The summed E-state index contributed by atoms with van der Waals surface area (Å²) < 4.78 is 0. The molecule has 16 heavy (non-hydrogen) atoms. The summed E-state index contributed by atoms with van der Waals surface area (Å²) in [6.45, 7) is 6.88. The molecule has 1 aromatic rings. The molecule has 0 aromatic heterocycles. The first-order valence-electron chi connectivity index (χ1n) is 6.53. The molecule has 0 N–H and O–H groups in total. The summed E-state index contributed by atoms with van der Waals surface area (Å²) >= 11 is 0. The number of rotatable bonds is 3. The Balaban J connectivity index is 2.00. The largest absolute Gasteiger partial charge is 0.0687 e. The summed E-state index contributed by atoms with van der Waals surface area (Å²) in [6.07, 6.45) is 6.03. The van der Waals surface area contributed by atoms with E-state index in [0.29, 0.717) is 0 Å².